The number of hydrogen-bond donors (Lipinski definition) is 0. The first kappa shape index (κ1) is 17.8. The first-order valence-corrected chi connectivity index (χ1v) is 8.79. The van der Waals surface area contributed by atoms with E-state index in [9.17, 15) is 9.18 Å². The van der Waals surface area contributed by atoms with Crippen molar-refractivity contribution < 1.29 is 18.7 Å². The molecule has 4 nitrogen and oxygen atoms in total. The van der Waals surface area contributed by atoms with Gasteiger partial charge >= 0.3 is 0 Å². The van der Waals surface area contributed by atoms with E-state index in [0.29, 0.717) is 31.4 Å². The smallest absolute Gasteiger partial charge is 0.221 e. The summed E-state index contributed by atoms with van der Waals surface area (Å²) >= 11 is 0. The number of nitrogens with zero attached hydrogens (tertiary/aromatic N) is 1. The Labute approximate surface area is 147 Å². The lowest BCUT2D eigenvalue weighted by Crippen LogP contribution is -2.36. The average Bonchev–Trinajstić information content (AvgIpc) is 2.51. The van der Waals surface area contributed by atoms with Crippen LogP contribution in [0.15, 0.2) is 30.5 Å². The van der Waals surface area contributed by atoms with E-state index in [-0.39, 0.29) is 23.6 Å². The molecule has 0 saturated heterocycles. The maximum atomic E-state index is 13.3. The Morgan fingerprint density at radius 1 is 1.36 bits per heavy atom. The normalized spacial score (nSPS) is 20.9. The Balaban J connectivity index is 1.43. The van der Waals surface area contributed by atoms with Gasteiger partial charge in [0, 0.05) is 24.6 Å². The molecule has 1 aliphatic rings. The van der Waals surface area contributed by atoms with Crippen LogP contribution in [0.1, 0.15) is 33.1 Å². The molecule has 1 atom stereocenters. The zero-order chi connectivity index (χ0) is 17.8. The molecule has 0 unspecified atom stereocenters. The van der Waals surface area contributed by atoms with Gasteiger partial charge < -0.3 is 14.3 Å². The van der Waals surface area contributed by atoms with Gasteiger partial charge in [0.05, 0.1) is 12.7 Å². The molecule has 0 spiro atoms. The summed E-state index contributed by atoms with van der Waals surface area (Å²) in [7, 11) is 0. The van der Waals surface area contributed by atoms with Gasteiger partial charge in [0.1, 0.15) is 11.6 Å². The van der Waals surface area contributed by atoms with Crippen LogP contribution in [0, 0.1) is 17.7 Å². The van der Waals surface area contributed by atoms with Crippen molar-refractivity contribution >= 4 is 16.6 Å². The number of pyridine rings is 1. The third kappa shape index (κ3) is 4.75. The Hall–Kier alpha value is -2.01. The predicted molar refractivity (Wildman–Crippen MR) is 94.1 cm³/mol. The fourth-order valence-electron chi connectivity index (χ4n) is 3.23. The van der Waals surface area contributed by atoms with Gasteiger partial charge in [0.15, 0.2) is 0 Å². The Kier molecular flexibility index (Phi) is 5.63. The van der Waals surface area contributed by atoms with Crippen molar-refractivity contribution in [2.75, 3.05) is 13.2 Å². The largest absolute Gasteiger partial charge is 0.477 e. The summed E-state index contributed by atoms with van der Waals surface area (Å²) < 4.78 is 25.0. The van der Waals surface area contributed by atoms with Crippen molar-refractivity contribution in [3.05, 3.63) is 36.3 Å². The number of halogens is 1. The van der Waals surface area contributed by atoms with Gasteiger partial charge in [-0.1, -0.05) is 6.92 Å². The standard InChI is InChI=1S/C20H24FNO3/c1-13(7-14(2)23)11-24-18-8-15(9-18)12-25-20-19-4-3-17(21)10-16(19)5-6-22-20/h3-6,10,13,15,18H,7-9,11-12H2,1-2H3/t13-,15?,18?/m1/s1. The number of carbonyl (C=O) groups is 1. The van der Waals surface area contributed by atoms with E-state index in [1.807, 2.05) is 6.92 Å². The summed E-state index contributed by atoms with van der Waals surface area (Å²) in [4.78, 5) is 15.3. The summed E-state index contributed by atoms with van der Waals surface area (Å²) in [5.41, 5.74) is 0. The highest BCUT2D eigenvalue weighted by atomic mass is 19.1. The lowest BCUT2D eigenvalue weighted by molar-refractivity contribution is -0.119. The van der Waals surface area contributed by atoms with Crippen LogP contribution >= 0.6 is 0 Å². The van der Waals surface area contributed by atoms with Crippen molar-refractivity contribution in [1.82, 2.24) is 4.98 Å². The first-order chi connectivity index (χ1) is 12.0. The highest BCUT2D eigenvalue weighted by Gasteiger charge is 2.31. The molecule has 0 N–H and O–H groups in total. The lowest BCUT2D eigenvalue weighted by atomic mass is 9.83. The van der Waals surface area contributed by atoms with Crippen molar-refractivity contribution in [2.45, 2.75) is 39.2 Å². The van der Waals surface area contributed by atoms with Gasteiger partial charge in [-0.3, -0.25) is 0 Å². The Morgan fingerprint density at radius 3 is 2.92 bits per heavy atom. The zero-order valence-electron chi connectivity index (χ0n) is 14.7. The van der Waals surface area contributed by atoms with Crippen LogP contribution in [0.5, 0.6) is 5.88 Å². The summed E-state index contributed by atoms with van der Waals surface area (Å²) in [5, 5.41) is 1.62. The monoisotopic (exact) mass is 345 g/mol. The molecule has 3 rings (SSSR count). The number of carbonyl (C=O) groups excluding carboxylic acids is 1. The molecule has 0 amide bonds. The molecular formula is C20H24FNO3. The zero-order valence-corrected chi connectivity index (χ0v) is 14.7. The van der Waals surface area contributed by atoms with Crippen LogP contribution in [0.4, 0.5) is 4.39 Å². The van der Waals surface area contributed by atoms with Gasteiger partial charge in [-0.25, -0.2) is 9.37 Å². The number of ketones is 1. The van der Waals surface area contributed by atoms with Crippen LogP contribution in [0.25, 0.3) is 10.8 Å². The highest BCUT2D eigenvalue weighted by molar-refractivity contribution is 5.86. The van der Waals surface area contributed by atoms with Crippen molar-refractivity contribution in [3.63, 3.8) is 0 Å². The van der Waals surface area contributed by atoms with E-state index in [4.69, 9.17) is 9.47 Å². The minimum absolute atomic E-state index is 0.207. The molecule has 1 fully saturated rings. The lowest BCUT2D eigenvalue weighted by Gasteiger charge is -2.35. The molecule has 1 heterocycles. The molecule has 0 aliphatic heterocycles. The molecule has 1 aromatic heterocycles. The average molecular weight is 345 g/mol. The quantitative estimate of drug-likeness (QED) is 0.721. The van der Waals surface area contributed by atoms with Gasteiger partial charge in [-0.05, 0) is 61.3 Å². The third-order valence-corrected chi connectivity index (χ3v) is 4.59. The van der Waals surface area contributed by atoms with Crippen LogP contribution in [-0.2, 0) is 9.53 Å². The first-order valence-electron chi connectivity index (χ1n) is 8.79. The molecule has 134 valence electrons. The molecule has 1 saturated carbocycles. The number of benzene rings is 1. The van der Waals surface area contributed by atoms with E-state index in [0.717, 1.165) is 23.6 Å². The van der Waals surface area contributed by atoms with Gasteiger partial charge in [-0.15, -0.1) is 0 Å². The van der Waals surface area contributed by atoms with Gasteiger partial charge in [0.25, 0.3) is 0 Å². The van der Waals surface area contributed by atoms with E-state index in [2.05, 4.69) is 4.98 Å². The van der Waals surface area contributed by atoms with E-state index < -0.39 is 0 Å². The van der Waals surface area contributed by atoms with Crippen LogP contribution in [0.2, 0.25) is 0 Å². The molecule has 25 heavy (non-hydrogen) atoms. The fraction of sp³-hybridized carbons (Fsp3) is 0.500. The molecule has 5 heteroatoms. The number of Topliss-reactive ketones (excluding diaryl/α,β-unsaturated/α-hetero) is 1. The minimum atomic E-state index is -0.261. The maximum Gasteiger partial charge on any atom is 0.221 e. The van der Waals surface area contributed by atoms with Crippen molar-refractivity contribution in [1.29, 1.82) is 0 Å². The number of hydrogen-bond acceptors (Lipinski definition) is 4. The molecule has 1 aliphatic carbocycles. The van der Waals surface area contributed by atoms with E-state index in [1.54, 1.807) is 25.3 Å². The third-order valence-electron chi connectivity index (χ3n) is 4.59. The van der Waals surface area contributed by atoms with Crippen molar-refractivity contribution in [3.8, 4) is 5.88 Å². The minimum Gasteiger partial charge on any atom is -0.477 e. The van der Waals surface area contributed by atoms with Crippen molar-refractivity contribution in [2.24, 2.45) is 11.8 Å². The van der Waals surface area contributed by atoms with E-state index in [1.165, 1.54) is 12.1 Å². The van der Waals surface area contributed by atoms with E-state index >= 15 is 0 Å². The second kappa shape index (κ2) is 7.91. The summed E-state index contributed by atoms with van der Waals surface area (Å²) in [5.74, 6) is 1.22. The summed E-state index contributed by atoms with van der Waals surface area (Å²) in [6, 6.07) is 6.39. The van der Waals surface area contributed by atoms with Crippen LogP contribution in [0.3, 0.4) is 0 Å². The molecule has 0 bridgehead atoms. The topological polar surface area (TPSA) is 48.4 Å². The molecular weight excluding hydrogens is 321 g/mol. The Bertz CT molecular complexity index is 743. The Morgan fingerprint density at radius 2 is 2.16 bits per heavy atom. The summed E-state index contributed by atoms with van der Waals surface area (Å²) in [6.07, 6.45) is 4.41. The van der Waals surface area contributed by atoms with Gasteiger partial charge in [0.2, 0.25) is 5.88 Å². The predicted octanol–water partition coefficient (Wildman–Crippen LogP) is 4.16. The number of aromatic nitrogens is 1. The maximum absolute atomic E-state index is 13.3. The van der Waals surface area contributed by atoms with Crippen LogP contribution < -0.4 is 4.74 Å². The second-order valence-electron chi connectivity index (χ2n) is 7.10. The number of fused-ring (bicyclic) bond motifs is 1. The second-order valence-corrected chi connectivity index (χ2v) is 7.10. The molecule has 1 aromatic carbocycles. The summed E-state index contributed by atoms with van der Waals surface area (Å²) in [6.45, 7) is 4.87. The number of rotatable bonds is 8. The fourth-order valence-corrected chi connectivity index (χ4v) is 3.23. The molecule has 2 aromatic rings. The van der Waals surface area contributed by atoms with Gasteiger partial charge in [-0.2, -0.15) is 0 Å². The molecule has 0 radical (unpaired) electrons. The SMILES string of the molecule is CC(=O)C[C@@H](C)COC1CC(COc2nccc3cc(F)ccc23)C1. The van der Waals surface area contributed by atoms with Crippen LogP contribution in [-0.4, -0.2) is 30.1 Å². The highest BCUT2D eigenvalue weighted by Crippen LogP contribution is 2.32. The number of ether oxygens (including phenoxy) is 2.